The highest BCUT2D eigenvalue weighted by Gasteiger charge is 2.23. The Labute approximate surface area is 106 Å². The molecular formula is C12H17N3OS. The number of hydrogen-bond acceptors (Lipinski definition) is 5. The Hall–Kier alpha value is -1.17. The second kappa shape index (κ2) is 5.44. The molecule has 0 saturated carbocycles. The van der Waals surface area contributed by atoms with Crippen molar-refractivity contribution in [3.05, 3.63) is 41.1 Å². The molecule has 2 rings (SSSR count). The number of nitrogens with zero attached hydrogens (tertiary/aromatic N) is 1. The summed E-state index contributed by atoms with van der Waals surface area (Å²) in [7, 11) is 0. The Kier molecular flexibility index (Phi) is 3.93. The molecule has 0 amide bonds. The number of epoxide rings is 1. The summed E-state index contributed by atoms with van der Waals surface area (Å²) in [6, 6.07) is 8.22. The highest BCUT2D eigenvalue weighted by atomic mass is 32.2. The monoisotopic (exact) mass is 251 g/mol. The zero-order valence-electron chi connectivity index (χ0n) is 9.80. The Balaban J connectivity index is 1.88. The molecule has 1 saturated heterocycles. The zero-order chi connectivity index (χ0) is 12.3. The predicted molar refractivity (Wildman–Crippen MR) is 69.9 cm³/mol. The summed E-state index contributed by atoms with van der Waals surface area (Å²) in [5.74, 6) is 5.78. The van der Waals surface area contributed by atoms with E-state index in [9.17, 15) is 0 Å². The molecule has 4 N–H and O–H groups in total. The molecule has 1 atom stereocenters. The van der Waals surface area contributed by atoms with Gasteiger partial charge in [-0.25, -0.2) is 5.84 Å². The quantitative estimate of drug-likeness (QED) is 0.358. The number of hydrogen-bond donors (Lipinski definition) is 2. The van der Waals surface area contributed by atoms with Crippen LogP contribution in [-0.4, -0.2) is 24.3 Å². The minimum atomic E-state index is 0.272. The van der Waals surface area contributed by atoms with Crippen LogP contribution in [0, 0.1) is 6.92 Å². The third-order valence-corrected chi connectivity index (χ3v) is 3.22. The number of aryl methyl sites for hydroxylation is 1. The summed E-state index contributed by atoms with van der Waals surface area (Å²) < 4.78 is 5.09. The van der Waals surface area contributed by atoms with Gasteiger partial charge in [-0.15, -0.1) is 0 Å². The highest BCUT2D eigenvalue weighted by Crippen LogP contribution is 2.23. The first kappa shape index (κ1) is 12.3. The molecule has 1 fully saturated rings. The predicted octanol–water partition coefficient (Wildman–Crippen LogP) is 1.42. The van der Waals surface area contributed by atoms with E-state index >= 15 is 0 Å². The summed E-state index contributed by atoms with van der Waals surface area (Å²) in [4.78, 5) is 1.11. The van der Waals surface area contributed by atoms with Crippen LogP contribution in [0.2, 0.25) is 0 Å². The third kappa shape index (κ3) is 4.30. The van der Waals surface area contributed by atoms with Crippen molar-refractivity contribution in [3.63, 3.8) is 0 Å². The number of ether oxygens (including phenoxy) is 1. The number of thioether (sulfide) groups is 1. The maximum absolute atomic E-state index is 5.90. The van der Waals surface area contributed by atoms with Crippen molar-refractivity contribution in [2.24, 2.45) is 11.6 Å². The van der Waals surface area contributed by atoms with E-state index in [-0.39, 0.29) is 6.10 Å². The van der Waals surface area contributed by atoms with Crippen LogP contribution in [0.15, 0.2) is 40.4 Å². The fraction of sp³-hybridized carbons (Fsp3) is 0.333. The standard InChI is InChI=1S/C12H17N3OS/c1-9-2-4-11(5-3-9)17-12(13)7-15(14)6-10-8-16-10/h2-5,7,10H,6,8,13-14H2,1H3/b12-7+. The van der Waals surface area contributed by atoms with Gasteiger partial charge in [0, 0.05) is 11.1 Å². The molecule has 1 heterocycles. The van der Waals surface area contributed by atoms with Gasteiger partial charge >= 0.3 is 0 Å². The van der Waals surface area contributed by atoms with Crippen LogP contribution < -0.4 is 11.6 Å². The van der Waals surface area contributed by atoms with Crippen LogP contribution in [0.4, 0.5) is 0 Å². The molecular weight excluding hydrogens is 234 g/mol. The SMILES string of the molecule is Cc1ccc(S/C(N)=C/N(N)CC2CO2)cc1. The van der Waals surface area contributed by atoms with Crippen molar-refractivity contribution >= 4 is 11.8 Å². The van der Waals surface area contributed by atoms with Crippen molar-refractivity contribution in [2.45, 2.75) is 17.9 Å². The van der Waals surface area contributed by atoms with Gasteiger partial charge in [-0.05, 0) is 19.1 Å². The Morgan fingerprint density at radius 3 is 2.76 bits per heavy atom. The van der Waals surface area contributed by atoms with Gasteiger partial charge in [-0.3, -0.25) is 0 Å². The lowest BCUT2D eigenvalue weighted by Crippen LogP contribution is -2.30. The van der Waals surface area contributed by atoms with E-state index in [4.69, 9.17) is 16.3 Å². The smallest absolute Gasteiger partial charge is 0.0999 e. The van der Waals surface area contributed by atoms with Gasteiger partial charge in [0.15, 0.2) is 0 Å². The van der Waals surface area contributed by atoms with Crippen LogP contribution >= 0.6 is 11.8 Å². The molecule has 0 spiro atoms. The van der Waals surface area contributed by atoms with Crippen molar-refractivity contribution in [2.75, 3.05) is 13.2 Å². The maximum Gasteiger partial charge on any atom is 0.0999 e. The van der Waals surface area contributed by atoms with E-state index in [1.165, 1.54) is 17.3 Å². The van der Waals surface area contributed by atoms with E-state index in [1.807, 2.05) is 12.1 Å². The molecule has 92 valence electrons. The fourth-order valence-electron chi connectivity index (χ4n) is 1.39. The van der Waals surface area contributed by atoms with Gasteiger partial charge in [-0.1, -0.05) is 29.5 Å². The lowest BCUT2D eigenvalue weighted by molar-refractivity contribution is 0.316. The van der Waals surface area contributed by atoms with Gasteiger partial charge in [0.25, 0.3) is 0 Å². The largest absolute Gasteiger partial charge is 0.392 e. The van der Waals surface area contributed by atoms with Crippen LogP contribution in [0.3, 0.4) is 0 Å². The molecule has 4 nitrogen and oxygen atoms in total. The molecule has 1 aliphatic rings. The first-order chi connectivity index (χ1) is 8.13. The van der Waals surface area contributed by atoms with E-state index in [0.29, 0.717) is 11.6 Å². The van der Waals surface area contributed by atoms with Crippen molar-refractivity contribution in [1.29, 1.82) is 0 Å². The highest BCUT2D eigenvalue weighted by molar-refractivity contribution is 8.03. The van der Waals surface area contributed by atoms with E-state index < -0.39 is 0 Å². The molecule has 0 radical (unpaired) electrons. The molecule has 1 aromatic carbocycles. The lowest BCUT2D eigenvalue weighted by Gasteiger charge is -2.12. The summed E-state index contributed by atoms with van der Waals surface area (Å²) in [6.07, 6.45) is 2.01. The number of rotatable bonds is 5. The molecule has 5 heteroatoms. The number of benzene rings is 1. The Morgan fingerprint density at radius 1 is 1.53 bits per heavy atom. The van der Waals surface area contributed by atoms with Gasteiger partial charge in [-0.2, -0.15) is 0 Å². The van der Waals surface area contributed by atoms with E-state index in [0.717, 1.165) is 11.5 Å². The summed E-state index contributed by atoms with van der Waals surface area (Å²) in [6.45, 7) is 3.55. The normalized spacial score (nSPS) is 19.2. The minimum absolute atomic E-state index is 0.272. The molecule has 1 unspecified atom stereocenters. The topological polar surface area (TPSA) is 67.8 Å². The van der Waals surface area contributed by atoms with Crippen LogP contribution in [0.1, 0.15) is 5.56 Å². The second-order valence-corrected chi connectivity index (χ2v) is 5.25. The van der Waals surface area contributed by atoms with E-state index in [2.05, 4.69) is 19.1 Å². The first-order valence-corrected chi connectivity index (χ1v) is 6.30. The van der Waals surface area contributed by atoms with E-state index in [1.54, 1.807) is 11.2 Å². The van der Waals surface area contributed by atoms with Crippen LogP contribution in [0.5, 0.6) is 0 Å². The zero-order valence-corrected chi connectivity index (χ0v) is 10.6. The van der Waals surface area contributed by atoms with Crippen molar-refractivity contribution < 1.29 is 4.74 Å². The van der Waals surface area contributed by atoms with Gasteiger partial charge in [0.1, 0.15) is 0 Å². The van der Waals surface area contributed by atoms with Gasteiger partial charge in [0.05, 0.1) is 24.3 Å². The molecule has 0 bridgehead atoms. The molecule has 1 aliphatic heterocycles. The summed E-state index contributed by atoms with van der Waals surface area (Å²) in [5.41, 5.74) is 7.14. The Morgan fingerprint density at radius 2 is 2.18 bits per heavy atom. The van der Waals surface area contributed by atoms with Gasteiger partial charge in [0.2, 0.25) is 0 Å². The molecule has 0 aromatic heterocycles. The molecule has 0 aliphatic carbocycles. The minimum Gasteiger partial charge on any atom is -0.392 e. The second-order valence-electron chi connectivity index (χ2n) is 4.10. The number of hydrazine groups is 1. The molecule has 17 heavy (non-hydrogen) atoms. The average Bonchev–Trinajstić information content (AvgIpc) is 3.05. The van der Waals surface area contributed by atoms with Gasteiger partial charge < -0.3 is 15.5 Å². The maximum atomic E-state index is 5.90. The van der Waals surface area contributed by atoms with Crippen molar-refractivity contribution in [1.82, 2.24) is 5.01 Å². The Bertz CT molecular complexity index is 401. The number of nitrogens with two attached hydrogens (primary N) is 2. The lowest BCUT2D eigenvalue weighted by atomic mass is 10.2. The first-order valence-electron chi connectivity index (χ1n) is 5.48. The summed E-state index contributed by atoms with van der Waals surface area (Å²) in [5, 5.41) is 2.26. The third-order valence-electron chi connectivity index (χ3n) is 2.37. The summed E-state index contributed by atoms with van der Waals surface area (Å²) >= 11 is 1.50. The van der Waals surface area contributed by atoms with Crippen molar-refractivity contribution in [3.8, 4) is 0 Å². The molecule has 1 aromatic rings. The fourth-order valence-corrected chi connectivity index (χ4v) is 2.13. The average molecular weight is 251 g/mol. The van der Waals surface area contributed by atoms with Crippen LogP contribution in [0.25, 0.3) is 0 Å². The van der Waals surface area contributed by atoms with Crippen LogP contribution in [-0.2, 0) is 4.74 Å².